The predicted molar refractivity (Wildman–Crippen MR) is 96.1 cm³/mol. The zero-order chi connectivity index (χ0) is 19.4. The maximum Gasteiger partial charge on any atom is 0.334 e. The Morgan fingerprint density at radius 3 is 2.38 bits per heavy atom. The van der Waals surface area contributed by atoms with Crippen LogP contribution in [0.2, 0.25) is 5.02 Å². The third-order valence-corrected chi connectivity index (χ3v) is 4.43. The van der Waals surface area contributed by atoms with Gasteiger partial charge < -0.3 is 20.1 Å². The second kappa shape index (κ2) is 8.51. The van der Waals surface area contributed by atoms with Gasteiger partial charge in [-0.2, -0.15) is 0 Å². The Labute approximate surface area is 157 Å². The topological polar surface area (TPSA) is 95.9 Å². The fourth-order valence-electron chi connectivity index (χ4n) is 2.80. The molecule has 0 bridgehead atoms. The van der Waals surface area contributed by atoms with Gasteiger partial charge in [-0.05, 0) is 37.1 Å². The van der Waals surface area contributed by atoms with Crippen molar-refractivity contribution in [2.45, 2.75) is 39.0 Å². The molecule has 0 aromatic heterocycles. The zero-order valence-corrected chi connectivity index (χ0v) is 15.7. The number of hydrogen-bond donors (Lipinski definition) is 2. The predicted octanol–water partition coefficient (Wildman–Crippen LogP) is 1.79. The molecule has 142 valence electrons. The molecule has 1 fully saturated rings. The van der Waals surface area contributed by atoms with Gasteiger partial charge in [0.15, 0.2) is 6.10 Å². The zero-order valence-electron chi connectivity index (χ0n) is 14.9. The molecule has 1 aliphatic heterocycles. The van der Waals surface area contributed by atoms with E-state index in [2.05, 4.69) is 5.32 Å². The standard InChI is InChI=1S/C18H23ClN2O5/c1-10(2)15(20-16(22)12-4-6-13(19)7-5-12)17(23)21-8-11(3)26-14(9-21)18(24)25/h4-7,10-11,14-15H,8-9H2,1-3H3,(H,20,22)(H,24,25)/t11-,14?,15?/m1/s1. The first kappa shape index (κ1) is 20.2. The minimum atomic E-state index is -1.11. The summed E-state index contributed by atoms with van der Waals surface area (Å²) < 4.78 is 5.34. The third-order valence-electron chi connectivity index (χ3n) is 4.17. The van der Waals surface area contributed by atoms with Crippen LogP contribution in [0.15, 0.2) is 24.3 Å². The molecule has 2 unspecified atom stereocenters. The lowest BCUT2D eigenvalue weighted by Crippen LogP contribution is -2.58. The summed E-state index contributed by atoms with van der Waals surface area (Å²) in [4.78, 5) is 38.0. The lowest BCUT2D eigenvalue weighted by atomic mass is 10.0. The molecule has 1 heterocycles. The van der Waals surface area contributed by atoms with Crippen molar-refractivity contribution in [2.75, 3.05) is 13.1 Å². The van der Waals surface area contributed by atoms with Crippen LogP contribution < -0.4 is 5.32 Å². The number of rotatable bonds is 5. The molecule has 2 N–H and O–H groups in total. The van der Waals surface area contributed by atoms with Crippen LogP contribution in [0.1, 0.15) is 31.1 Å². The fourth-order valence-corrected chi connectivity index (χ4v) is 2.93. The van der Waals surface area contributed by atoms with Gasteiger partial charge in [-0.25, -0.2) is 4.79 Å². The van der Waals surface area contributed by atoms with Gasteiger partial charge in [0.1, 0.15) is 6.04 Å². The largest absolute Gasteiger partial charge is 0.479 e. The number of morpholine rings is 1. The first-order valence-corrected chi connectivity index (χ1v) is 8.80. The van der Waals surface area contributed by atoms with Gasteiger partial charge in [0.2, 0.25) is 5.91 Å². The van der Waals surface area contributed by atoms with E-state index in [1.165, 1.54) is 4.90 Å². The number of nitrogens with one attached hydrogen (secondary N) is 1. The van der Waals surface area contributed by atoms with E-state index in [0.29, 0.717) is 10.6 Å². The number of aliphatic carboxylic acids is 1. The second-order valence-corrected chi connectivity index (χ2v) is 7.16. The number of benzene rings is 1. The highest BCUT2D eigenvalue weighted by molar-refractivity contribution is 6.30. The van der Waals surface area contributed by atoms with Gasteiger partial charge in [-0.3, -0.25) is 9.59 Å². The summed E-state index contributed by atoms with van der Waals surface area (Å²) in [6.07, 6.45) is -1.46. The molecule has 1 aromatic rings. The van der Waals surface area contributed by atoms with Crippen LogP contribution in [-0.2, 0) is 14.3 Å². The van der Waals surface area contributed by atoms with Gasteiger partial charge in [-0.15, -0.1) is 0 Å². The number of carboxylic acids is 1. The summed E-state index contributed by atoms with van der Waals surface area (Å²) in [5, 5.41) is 12.4. The fraction of sp³-hybridized carbons (Fsp3) is 0.500. The molecule has 7 nitrogen and oxygen atoms in total. The van der Waals surface area contributed by atoms with E-state index in [1.807, 2.05) is 13.8 Å². The van der Waals surface area contributed by atoms with Crippen molar-refractivity contribution in [1.29, 1.82) is 0 Å². The van der Waals surface area contributed by atoms with Gasteiger partial charge >= 0.3 is 5.97 Å². The first-order chi connectivity index (χ1) is 12.2. The molecule has 2 rings (SSSR count). The molecule has 0 aliphatic carbocycles. The van der Waals surface area contributed by atoms with E-state index in [-0.39, 0.29) is 30.8 Å². The molecule has 1 aliphatic rings. The second-order valence-electron chi connectivity index (χ2n) is 6.72. The Bertz CT molecular complexity index is 677. The molecule has 0 saturated carbocycles. The molecular formula is C18H23ClN2O5. The van der Waals surface area contributed by atoms with Crippen molar-refractivity contribution in [1.82, 2.24) is 10.2 Å². The molecule has 0 spiro atoms. The quantitative estimate of drug-likeness (QED) is 0.809. The van der Waals surface area contributed by atoms with Crippen molar-refractivity contribution >= 4 is 29.4 Å². The lowest BCUT2D eigenvalue weighted by Gasteiger charge is -2.37. The summed E-state index contributed by atoms with van der Waals surface area (Å²) in [5.74, 6) is -1.98. The normalized spacial score (nSPS) is 21.3. The molecule has 3 atom stereocenters. The highest BCUT2D eigenvalue weighted by Gasteiger charge is 2.36. The maximum absolute atomic E-state index is 12.9. The number of carbonyl (C=O) groups is 3. The molecular weight excluding hydrogens is 360 g/mol. The van der Waals surface area contributed by atoms with E-state index in [1.54, 1.807) is 31.2 Å². The highest BCUT2D eigenvalue weighted by atomic mass is 35.5. The Morgan fingerprint density at radius 2 is 1.85 bits per heavy atom. The van der Waals surface area contributed by atoms with E-state index >= 15 is 0 Å². The van der Waals surface area contributed by atoms with Crippen molar-refractivity contribution in [3.05, 3.63) is 34.9 Å². The number of ether oxygens (including phenoxy) is 1. The molecule has 8 heteroatoms. The van der Waals surface area contributed by atoms with E-state index in [9.17, 15) is 19.5 Å². The number of nitrogens with zero attached hydrogens (tertiary/aromatic N) is 1. The SMILES string of the molecule is CC(C)C(NC(=O)c1ccc(Cl)cc1)C(=O)N1CC(C(=O)O)O[C@H](C)C1. The Balaban J connectivity index is 2.12. The minimum absolute atomic E-state index is 0.0431. The number of carbonyl (C=O) groups excluding carboxylic acids is 2. The van der Waals surface area contributed by atoms with Gasteiger partial charge in [-0.1, -0.05) is 25.4 Å². The Morgan fingerprint density at radius 1 is 1.23 bits per heavy atom. The van der Waals surface area contributed by atoms with Crippen molar-refractivity contribution in [3.63, 3.8) is 0 Å². The smallest absolute Gasteiger partial charge is 0.334 e. The third kappa shape index (κ3) is 4.95. The number of carboxylic acid groups (broad SMARTS) is 1. The van der Waals surface area contributed by atoms with Crippen molar-refractivity contribution in [2.24, 2.45) is 5.92 Å². The van der Waals surface area contributed by atoms with Crippen LogP contribution in [0, 0.1) is 5.92 Å². The molecule has 1 aromatic carbocycles. The molecule has 0 radical (unpaired) electrons. The van der Waals surface area contributed by atoms with Crippen LogP contribution >= 0.6 is 11.6 Å². The number of amides is 2. The van der Waals surface area contributed by atoms with E-state index < -0.39 is 24.2 Å². The molecule has 1 saturated heterocycles. The van der Waals surface area contributed by atoms with Gasteiger partial charge in [0.05, 0.1) is 12.6 Å². The first-order valence-electron chi connectivity index (χ1n) is 8.42. The summed E-state index contributed by atoms with van der Waals surface area (Å²) in [6, 6.07) is 5.60. The summed E-state index contributed by atoms with van der Waals surface area (Å²) >= 11 is 5.83. The van der Waals surface area contributed by atoms with Crippen LogP contribution in [0.25, 0.3) is 0 Å². The Hall–Kier alpha value is -2.12. The summed E-state index contributed by atoms with van der Waals surface area (Å²) in [6.45, 7) is 5.60. The number of hydrogen-bond acceptors (Lipinski definition) is 4. The Kier molecular flexibility index (Phi) is 6.61. The molecule has 2 amide bonds. The monoisotopic (exact) mass is 382 g/mol. The average molecular weight is 383 g/mol. The average Bonchev–Trinajstić information content (AvgIpc) is 2.58. The van der Waals surface area contributed by atoms with E-state index in [4.69, 9.17) is 16.3 Å². The van der Waals surface area contributed by atoms with Crippen LogP contribution in [-0.4, -0.2) is 59.1 Å². The van der Waals surface area contributed by atoms with Crippen LogP contribution in [0.5, 0.6) is 0 Å². The van der Waals surface area contributed by atoms with E-state index in [0.717, 1.165) is 0 Å². The minimum Gasteiger partial charge on any atom is -0.479 e. The van der Waals surface area contributed by atoms with Gasteiger partial charge in [0, 0.05) is 17.1 Å². The van der Waals surface area contributed by atoms with Crippen molar-refractivity contribution in [3.8, 4) is 0 Å². The number of halogens is 1. The van der Waals surface area contributed by atoms with Gasteiger partial charge in [0.25, 0.3) is 5.91 Å². The highest BCUT2D eigenvalue weighted by Crippen LogP contribution is 2.16. The van der Waals surface area contributed by atoms with Crippen LogP contribution in [0.3, 0.4) is 0 Å². The summed E-state index contributed by atoms with van der Waals surface area (Å²) in [5.41, 5.74) is 0.395. The van der Waals surface area contributed by atoms with Crippen LogP contribution in [0.4, 0.5) is 0 Å². The molecule has 26 heavy (non-hydrogen) atoms. The lowest BCUT2D eigenvalue weighted by molar-refractivity contribution is -0.167. The summed E-state index contributed by atoms with van der Waals surface area (Å²) in [7, 11) is 0. The van der Waals surface area contributed by atoms with Crippen molar-refractivity contribution < 1.29 is 24.2 Å². The maximum atomic E-state index is 12.9.